The van der Waals surface area contributed by atoms with Gasteiger partial charge in [0.2, 0.25) is 0 Å². The third-order valence-electron chi connectivity index (χ3n) is 3.49. The van der Waals surface area contributed by atoms with E-state index in [1.54, 1.807) is 0 Å². The maximum absolute atomic E-state index is 5.58. The molecular formula is C14H29NO. The van der Waals surface area contributed by atoms with Crippen LogP contribution in [-0.4, -0.2) is 25.8 Å². The fourth-order valence-corrected chi connectivity index (χ4v) is 2.11. The van der Waals surface area contributed by atoms with Crippen LogP contribution >= 0.6 is 0 Å². The molecule has 0 aromatic rings. The van der Waals surface area contributed by atoms with Gasteiger partial charge in [0.25, 0.3) is 0 Å². The van der Waals surface area contributed by atoms with Crippen molar-refractivity contribution in [3.8, 4) is 0 Å². The fraction of sp³-hybridized carbons (Fsp3) is 1.00. The molecule has 1 saturated carbocycles. The van der Waals surface area contributed by atoms with Crippen molar-refractivity contribution in [3.63, 3.8) is 0 Å². The lowest BCUT2D eigenvalue weighted by atomic mass is 9.81. The first-order valence-corrected chi connectivity index (χ1v) is 6.99. The third-order valence-corrected chi connectivity index (χ3v) is 3.49. The van der Waals surface area contributed by atoms with Crippen molar-refractivity contribution in [2.45, 2.75) is 58.9 Å². The van der Waals surface area contributed by atoms with Crippen LogP contribution in [0.1, 0.15) is 52.9 Å². The molecular weight excluding hydrogens is 198 g/mol. The van der Waals surface area contributed by atoms with Gasteiger partial charge >= 0.3 is 0 Å². The lowest BCUT2D eigenvalue weighted by Gasteiger charge is -2.28. The highest BCUT2D eigenvalue weighted by molar-refractivity contribution is 4.74. The molecule has 0 aromatic heterocycles. The highest BCUT2D eigenvalue weighted by Gasteiger charge is 2.19. The Morgan fingerprint density at radius 1 is 1.19 bits per heavy atom. The summed E-state index contributed by atoms with van der Waals surface area (Å²) in [6.45, 7) is 9.56. The molecule has 1 aliphatic rings. The van der Waals surface area contributed by atoms with Gasteiger partial charge in [-0.25, -0.2) is 0 Å². The van der Waals surface area contributed by atoms with Crippen LogP contribution in [0.2, 0.25) is 0 Å². The standard InChI is InChI=1S/C14H29NO/c1-12(2)7-9-16-10-8-15-13(3)11-14-5-4-6-14/h12-15H,4-11H2,1-3H3. The van der Waals surface area contributed by atoms with Crippen LogP contribution < -0.4 is 5.32 Å². The van der Waals surface area contributed by atoms with Crippen molar-refractivity contribution < 1.29 is 4.74 Å². The van der Waals surface area contributed by atoms with E-state index >= 15 is 0 Å². The summed E-state index contributed by atoms with van der Waals surface area (Å²) in [5.74, 6) is 1.76. The number of rotatable bonds is 9. The molecule has 96 valence electrons. The summed E-state index contributed by atoms with van der Waals surface area (Å²) in [6, 6.07) is 0.666. The molecule has 0 aliphatic heterocycles. The molecule has 1 N–H and O–H groups in total. The molecule has 1 rings (SSSR count). The van der Waals surface area contributed by atoms with E-state index in [0.29, 0.717) is 6.04 Å². The Kier molecular flexibility index (Phi) is 7.06. The number of nitrogens with one attached hydrogen (secondary N) is 1. The van der Waals surface area contributed by atoms with E-state index in [4.69, 9.17) is 4.74 Å². The van der Waals surface area contributed by atoms with Crippen molar-refractivity contribution in [1.82, 2.24) is 5.32 Å². The maximum atomic E-state index is 5.58. The van der Waals surface area contributed by atoms with Crippen LogP contribution in [0.25, 0.3) is 0 Å². The van der Waals surface area contributed by atoms with Crippen molar-refractivity contribution in [1.29, 1.82) is 0 Å². The third kappa shape index (κ3) is 6.49. The number of ether oxygens (including phenoxy) is 1. The van der Waals surface area contributed by atoms with Gasteiger partial charge in [0.05, 0.1) is 6.61 Å². The Hall–Kier alpha value is -0.0800. The zero-order valence-electron chi connectivity index (χ0n) is 11.3. The fourth-order valence-electron chi connectivity index (χ4n) is 2.11. The van der Waals surface area contributed by atoms with E-state index in [1.165, 1.54) is 32.1 Å². The minimum absolute atomic E-state index is 0.666. The van der Waals surface area contributed by atoms with Gasteiger partial charge in [0.15, 0.2) is 0 Å². The summed E-state index contributed by atoms with van der Waals surface area (Å²) < 4.78 is 5.58. The minimum Gasteiger partial charge on any atom is -0.380 e. The van der Waals surface area contributed by atoms with Crippen LogP contribution in [0.15, 0.2) is 0 Å². The van der Waals surface area contributed by atoms with Crippen molar-refractivity contribution in [2.24, 2.45) is 11.8 Å². The topological polar surface area (TPSA) is 21.3 Å². The largest absolute Gasteiger partial charge is 0.380 e. The molecule has 0 saturated heterocycles. The van der Waals surface area contributed by atoms with Crippen molar-refractivity contribution in [2.75, 3.05) is 19.8 Å². The van der Waals surface area contributed by atoms with Gasteiger partial charge in [0.1, 0.15) is 0 Å². The molecule has 0 radical (unpaired) electrons. The average Bonchev–Trinajstić information content (AvgIpc) is 2.17. The van der Waals surface area contributed by atoms with E-state index in [2.05, 4.69) is 26.1 Å². The van der Waals surface area contributed by atoms with E-state index < -0.39 is 0 Å². The Morgan fingerprint density at radius 3 is 2.50 bits per heavy atom. The average molecular weight is 227 g/mol. The Balaban J connectivity index is 1.82. The second-order valence-electron chi connectivity index (χ2n) is 5.68. The number of hydrogen-bond donors (Lipinski definition) is 1. The molecule has 16 heavy (non-hydrogen) atoms. The Morgan fingerprint density at radius 2 is 1.94 bits per heavy atom. The summed E-state index contributed by atoms with van der Waals surface area (Å²) >= 11 is 0. The molecule has 1 unspecified atom stereocenters. The van der Waals surface area contributed by atoms with Gasteiger partial charge in [-0.3, -0.25) is 0 Å². The normalized spacial score (nSPS) is 18.8. The minimum atomic E-state index is 0.666. The van der Waals surface area contributed by atoms with E-state index in [9.17, 15) is 0 Å². The molecule has 0 bridgehead atoms. The number of hydrogen-bond acceptors (Lipinski definition) is 2. The molecule has 0 spiro atoms. The summed E-state index contributed by atoms with van der Waals surface area (Å²) in [5.41, 5.74) is 0. The summed E-state index contributed by atoms with van der Waals surface area (Å²) in [6.07, 6.45) is 6.90. The maximum Gasteiger partial charge on any atom is 0.0591 e. The van der Waals surface area contributed by atoms with E-state index in [1.807, 2.05) is 0 Å². The predicted molar refractivity (Wildman–Crippen MR) is 69.7 cm³/mol. The van der Waals surface area contributed by atoms with Crippen LogP contribution in [-0.2, 0) is 4.74 Å². The monoisotopic (exact) mass is 227 g/mol. The molecule has 1 atom stereocenters. The lowest BCUT2D eigenvalue weighted by Crippen LogP contribution is -2.32. The van der Waals surface area contributed by atoms with Crippen LogP contribution in [0.3, 0.4) is 0 Å². The second-order valence-corrected chi connectivity index (χ2v) is 5.68. The van der Waals surface area contributed by atoms with Crippen LogP contribution in [0.5, 0.6) is 0 Å². The second kappa shape index (κ2) is 8.08. The first kappa shape index (κ1) is 14.0. The van der Waals surface area contributed by atoms with Gasteiger partial charge in [0, 0.05) is 19.2 Å². The molecule has 0 heterocycles. The molecule has 0 amide bonds. The van der Waals surface area contributed by atoms with E-state index in [0.717, 1.165) is 31.6 Å². The van der Waals surface area contributed by atoms with E-state index in [-0.39, 0.29) is 0 Å². The zero-order chi connectivity index (χ0) is 11.8. The molecule has 1 fully saturated rings. The summed E-state index contributed by atoms with van der Waals surface area (Å²) in [4.78, 5) is 0. The van der Waals surface area contributed by atoms with Crippen molar-refractivity contribution in [3.05, 3.63) is 0 Å². The Labute approximate surface area is 101 Å². The van der Waals surface area contributed by atoms with Crippen molar-refractivity contribution >= 4 is 0 Å². The smallest absolute Gasteiger partial charge is 0.0591 e. The first-order chi connectivity index (χ1) is 7.68. The van der Waals surface area contributed by atoms with Crippen LogP contribution in [0.4, 0.5) is 0 Å². The zero-order valence-corrected chi connectivity index (χ0v) is 11.3. The summed E-state index contributed by atoms with van der Waals surface area (Å²) in [7, 11) is 0. The molecule has 1 aliphatic carbocycles. The first-order valence-electron chi connectivity index (χ1n) is 6.99. The van der Waals surface area contributed by atoms with Gasteiger partial charge in [-0.05, 0) is 31.6 Å². The quantitative estimate of drug-likeness (QED) is 0.611. The van der Waals surface area contributed by atoms with Crippen LogP contribution in [0, 0.1) is 11.8 Å². The highest BCUT2D eigenvalue weighted by atomic mass is 16.5. The molecule has 0 aromatic carbocycles. The summed E-state index contributed by atoms with van der Waals surface area (Å²) in [5, 5.41) is 3.54. The molecule has 2 nitrogen and oxygen atoms in total. The molecule has 2 heteroatoms. The van der Waals surface area contributed by atoms with Gasteiger partial charge < -0.3 is 10.1 Å². The highest BCUT2D eigenvalue weighted by Crippen LogP contribution is 2.30. The van der Waals surface area contributed by atoms with Gasteiger partial charge in [-0.2, -0.15) is 0 Å². The predicted octanol–water partition coefficient (Wildman–Crippen LogP) is 3.22. The SMILES string of the molecule is CC(C)CCOCCNC(C)CC1CCC1. The lowest BCUT2D eigenvalue weighted by molar-refractivity contribution is 0.122. The van der Waals surface area contributed by atoms with Gasteiger partial charge in [-0.1, -0.05) is 33.1 Å². The Bertz CT molecular complexity index is 166. The van der Waals surface area contributed by atoms with Gasteiger partial charge in [-0.15, -0.1) is 0 Å².